The summed E-state index contributed by atoms with van der Waals surface area (Å²) >= 11 is 1.65. The van der Waals surface area contributed by atoms with Crippen molar-refractivity contribution in [2.24, 2.45) is 0 Å². The van der Waals surface area contributed by atoms with Crippen LogP contribution in [0.4, 0.5) is 5.13 Å². The number of anilines is 1. The molecule has 1 aliphatic heterocycles. The molecule has 4 rings (SSSR count). The fourth-order valence-corrected chi connectivity index (χ4v) is 4.40. The molecule has 1 saturated heterocycles. The number of quaternary nitrogens is 1. The molecule has 0 radical (unpaired) electrons. The van der Waals surface area contributed by atoms with E-state index in [4.69, 9.17) is 14.5 Å². The number of ether oxygens (including phenoxy) is 2. The monoisotopic (exact) mass is 398 g/mol. The van der Waals surface area contributed by atoms with Crippen molar-refractivity contribution in [2.45, 2.75) is 6.92 Å². The Balaban J connectivity index is 1.47. The number of methoxy groups -OCH3 is 1. The first-order chi connectivity index (χ1) is 13.7. The van der Waals surface area contributed by atoms with Gasteiger partial charge in [0.25, 0.3) is 0 Å². The summed E-state index contributed by atoms with van der Waals surface area (Å²) in [6.07, 6.45) is 0. The number of piperazine rings is 1. The van der Waals surface area contributed by atoms with Crippen molar-refractivity contribution >= 4 is 32.7 Å². The first kappa shape index (κ1) is 18.7. The predicted molar refractivity (Wildman–Crippen MR) is 111 cm³/mol. The van der Waals surface area contributed by atoms with Gasteiger partial charge in [0.1, 0.15) is 11.5 Å². The molecule has 0 unspecified atom stereocenters. The van der Waals surface area contributed by atoms with E-state index in [1.54, 1.807) is 53.7 Å². The fourth-order valence-electron chi connectivity index (χ4n) is 3.35. The Labute approximate surface area is 168 Å². The highest BCUT2D eigenvalue weighted by Crippen LogP contribution is 2.31. The third-order valence-corrected chi connectivity index (χ3v) is 6.20. The second-order valence-corrected chi connectivity index (χ2v) is 7.84. The van der Waals surface area contributed by atoms with E-state index in [1.807, 2.05) is 12.1 Å². The largest absolute Gasteiger partial charge is 0.497 e. The van der Waals surface area contributed by atoms with E-state index in [0.29, 0.717) is 17.1 Å². The lowest BCUT2D eigenvalue weighted by molar-refractivity contribution is -0.898. The zero-order valence-electron chi connectivity index (χ0n) is 16.1. The minimum atomic E-state index is -0.384. The van der Waals surface area contributed by atoms with E-state index in [0.717, 1.165) is 41.5 Å². The Morgan fingerprint density at radius 2 is 1.86 bits per heavy atom. The van der Waals surface area contributed by atoms with Crippen molar-refractivity contribution in [1.82, 2.24) is 4.98 Å². The molecule has 1 N–H and O–H groups in total. The minimum Gasteiger partial charge on any atom is -0.497 e. The highest BCUT2D eigenvalue weighted by Gasteiger charge is 2.21. The van der Waals surface area contributed by atoms with Crippen LogP contribution in [0.15, 0.2) is 42.5 Å². The molecule has 0 bridgehead atoms. The van der Waals surface area contributed by atoms with Crippen LogP contribution in [-0.2, 0) is 0 Å². The van der Waals surface area contributed by atoms with Crippen molar-refractivity contribution in [2.75, 3.05) is 44.7 Å². The van der Waals surface area contributed by atoms with Crippen LogP contribution < -0.4 is 19.3 Å². The molecule has 0 amide bonds. The minimum absolute atomic E-state index is 0.384. The van der Waals surface area contributed by atoms with Gasteiger partial charge >= 0.3 is 5.97 Å². The summed E-state index contributed by atoms with van der Waals surface area (Å²) < 4.78 is 11.7. The number of esters is 1. The van der Waals surface area contributed by atoms with Crippen LogP contribution >= 0.6 is 11.3 Å². The highest BCUT2D eigenvalue weighted by molar-refractivity contribution is 7.22. The molecule has 1 fully saturated rings. The molecule has 6 nitrogen and oxygen atoms in total. The van der Waals surface area contributed by atoms with Gasteiger partial charge in [-0.15, -0.1) is 0 Å². The highest BCUT2D eigenvalue weighted by atomic mass is 32.1. The van der Waals surface area contributed by atoms with E-state index >= 15 is 0 Å². The van der Waals surface area contributed by atoms with E-state index in [2.05, 4.69) is 11.8 Å². The van der Waals surface area contributed by atoms with E-state index in [9.17, 15) is 4.79 Å². The van der Waals surface area contributed by atoms with Gasteiger partial charge in [-0.3, -0.25) is 0 Å². The zero-order valence-corrected chi connectivity index (χ0v) is 16.9. The average Bonchev–Trinajstić information content (AvgIpc) is 3.17. The maximum Gasteiger partial charge on any atom is 0.343 e. The van der Waals surface area contributed by atoms with Crippen molar-refractivity contribution in [3.63, 3.8) is 0 Å². The fraction of sp³-hybridized carbons (Fsp3) is 0.333. The molecule has 1 aromatic heterocycles. The van der Waals surface area contributed by atoms with Gasteiger partial charge in [-0.05, 0) is 43.3 Å². The number of carbonyl (C=O) groups excluding carboxylic acids is 1. The van der Waals surface area contributed by atoms with Crippen molar-refractivity contribution in [1.29, 1.82) is 0 Å². The number of carbonyl (C=O) groups is 1. The number of hydrogen-bond donors (Lipinski definition) is 1. The second-order valence-electron chi connectivity index (χ2n) is 6.83. The summed E-state index contributed by atoms with van der Waals surface area (Å²) in [6.45, 7) is 7.77. The van der Waals surface area contributed by atoms with Gasteiger partial charge in [-0.1, -0.05) is 11.3 Å². The molecule has 1 aliphatic rings. The molecule has 0 aliphatic carbocycles. The second kappa shape index (κ2) is 8.16. The van der Waals surface area contributed by atoms with Crippen molar-refractivity contribution < 1.29 is 19.2 Å². The van der Waals surface area contributed by atoms with Gasteiger partial charge in [-0.25, -0.2) is 9.78 Å². The molecule has 0 saturated carbocycles. The first-order valence-corrected chi connectivity index (χ1v) is 10.3. The summed E-state index contributed by atoms with van der Waals surface area (Å²) in [5, 5.41) is 1.05. The number of fused-ring (bicyclic) bond motifs is 1. The summed E-state index contributed by atoms with van der Waals surface area (Å²) in [7, 11) is 1.59. The molecule has 0 spiro atoms. The summed E-state index contributed by atoms with van der Waals surface area (Å²) in [5.74, 6) is 0.852. The van der Waals surface area contributed by atoms with Gasteiger partial charge in [0, 0.05) is 6.07 Å². The molecular formula is C21H24N3O3S+. The topological polar surface area (TPSA) is 56.1 Å². The molecule has 2 heterocycles. The Morgan fingerprint density at radius 3 is 2.54 bits per heavy atom. The Bertz CT molecular complexity index is 963. The van der Waals surface area contributed by atoms with E-state index in [-0.39, 0.29) is 5.97 Å². The van der Waals surface area contributed by atoms with Crippen molar-refractivity contribution in [3.8, 4) is 11.5 Å². The predicted octanol–water partition coefficient (Wildman–Crippen LogP) is 2.25. The molecule has 28 heavy (non-hydrogen) atoms. The lowest BCUT2D eigenvalue weighted by Crippen LogP contribution is -3.14. The van der Waals surface area contributed by atoms with Crippen LogP contribution in [0.25, 0.3) is 10.2 Å². The SMILES string of the molecule is CC[NH+]1CCN(c2nc3ccc(OC(=O)c4ccc(OC)cc4)cc3s2)CC1. The number of nitrogens with one attached hydrogen (secondary N) is 1. The van der Waals surface area contributed by atoms with Crippen LogP contribution in [0.3, 0.4) is 0 Å². The molecule has 2 aromatic carbocycles. The van der Waals surface area contributed by atoms with Gasteiger partial charge in [0.05, 0.1) is 55.6 Å². The van der Waals surface area contributed by atoms with E-state index in [1.165, 1.54) is 6.54 Å². The molecule has 3 aromatic rings. The molecular weight excluding hydrogens is 374 g/mol. The molecule has 7 heteroatoms. The van der Waals surface area contributed by atoms with E-state index < -0.39 is 0 Å². The van der Waals surface area contributed by atoms with Crippen LogP contribution in [0.1, 0.15) is 17.3 Å². The number of benzene rings is 2. The Kier molecular flexibility index (Phi) is 5.45. The van der Waals surface area contributed by atoms with Crippen LogP contribution in [0.2, 0.25) is 0 Å². The van der Waals surface area contributed by atoms with Crippen LogP contribution in [-0.4, -0.2) is 50.8 Å². The summed E-state index contributed by atoms with van der Waals surface area (Å²) in [6, 6.07) is 12.5. The number of aromatic nitrogens is 1. The number of hydrogen-bond acceptors (Lipinski definition) is 6. The lowest BCUT2D eigenvalue weighted by atomic mass is 10.2. The number of rotatable bonds is 5. The van der Waals surface area contributed by atoms with Crippen LogP contribution in [0.5, 0.6) is 11.5 Å². The normalized spacial score (nSPS) is 15.0. The number of nitrogens with zero attached hydrogens (tertiary/aromatic N) is 2. The first-order valence-electron chi connectivity index (χ1n) is 9.51. The standard InChI is InChI=1S/C21H23N3O3S/c1-3-23-10-12-24(13-11-23)21-22-18-9-8-17(14-19(18)28-21)27-20(25)15-4-6-16(26-2)7-5-15/h4-9,14H,3,10-13H2,1-2H3/p+1. The maximum absolute atomic E-state index is 12.4. The Morgan fingerprint density at radius 1 is 1.14 bits per heavy atom. The number of thiazole rings is 1. The van der Waals surface area contributed by atoms with Crippen LogP contribution in [0, 0.1) is 0 Å². The lowest BCUT2D eigenvalue weighted by Gasteiger charge is -2.31. The Hall–Kier alpha value is -2.64. The zero-order chi connectivity index (χ0) is 19.5. The van der Waals surface area contributed by atoms with Gasteiger partial charge in [0.2, 0.25) is 0 Å². The third-order valence-electron chi connectivity index (χ3n) is 5.13. The maximum atomic E-state index is 12.4. The average molecular weight is 399 g/mol. The smallest absolute Gasteiger partial charge is 0.343 e. The summed E-state index contributed by atoms with van der Waals surface area (Å²) in [4.78, 5) is 21.1. The van der Waals surface area contributed by atoms with Gasteiger partial charge in [0.15, 0.2) is 5.13 Å². The van der Waals surface area contributed by atoms with Gasteiger partial charge in [-0.2, -0.15) is 0 Å². The molecule has 0 atom stereocenters. The van der Waals surface area contributed by atoms with Gasteiger partial charge < -0.3 is 19.3 Å². The third kappa shape index (κ3) is 3.95. The van der Waals surface area contributed by atoms with Crippen molar-refractivity contribution in [3.05, 3.63) is 48.0 Å². The quantitative estimate of drug-likeness (QED) is 0.528. The number of likely N-dealkylation sites (N-methyl/N-ethyl adjacent to an activating group) is 1. The molecule has 146 valence electrons. The summed E-state index contributed by atoms with van der Waals surface area (Å²) in [5.41, 5.74) is 1.43.